The number of hydrogen-bond donors (Lipinski definition) is 1. The Hall–Kier alpha value is -2.38. The lowest BCUT2D eigenvalue weighted by molar-refractivity contribution is 0.763. The summed E-state index contributed by atoms with van der Waals surface area (Å²) in [6, 6.07) is 8.98. The first-order valence-corrected chi connectivity index (χ1v) is 8.32. The van der Waals surface area contributed by atoms with Crippen molar-refractivity contribution in [1.29, 1.82) is 0 Å². The maximum Gasteiger partial charge on any atom is 0.0513 e. The fraction of sp³-hybridized carbons (Fsp3) is 0.182. The molecule has 0 heterocycles. The first-order valence-electron chi connectivity index (χ1n) is 8.32. The van der Waals surface area contributed by atoms with E-state index in [0.717, 1.165) is 12.8 Å². The second-order valence-electron chi connectivity index (χ2n) is 6.14. The zero-order valence-corrected chi connectivity index (χ0v) is 13.4. The van der Waals surface area contributed by atoms with E-state index in [-0.39, 0.29) is 6.04 Å². The normalized spacial score (nSPS) is 25.3. The highest BCUT2D eigenvalue weighted by Crippen LogP contribution is 2.40. The number of likely N-dealkylation sites (N-methyl/N-ethyl adjacent to an activating group) is 1. The number of benzene rings is 1. The summed E-state index contributed by atoms with van der Waals surface area (Å²) in [4.78, 5) is 0. The fourth-order valence-electron chi connectivity index (χ4n) is 3.65. The summed E-state index contributed by atoms with van der Waals surface area (Å²) in [5.41, 5.74) is 8.18. The Labute approximate surface area is 138 Å². The molecule has 0 radical (unpaired) electrons. The molecule has 0 spiro atoms. The topological polar surface area (TPSA) is 12.0 Å². The molecule has 0 aromatic heterocycles. The second kappa shape index (κ2) is 6.02. The van der Waals surface area contributed by atoms with Crippen LogP contribution in [0, 0.1) is 0 Å². The molecule has 0 amide bonds. The molecule has 1 atom stereocenters. The molecule has 0 aliphatic heterocycles. The fourth-order valence-corrected chi connectivity index (χ4v) is 3.65. The standard InChI is InChI=1S/C22H21N/c1-23-21-13-7-6-12-20(21)22-18-10-4-2-8-16(18)14-15-17-9-3-5-11-19(17)22/h2,4-8,10-15,21,23H,3,9H2,1H3. The molecule has 3 aliphatic rings. The molecule has 0 bridgehead atoms. The van der Waals surface area contributed by atoms with E-state index in [1.807, 2.05) is 7.05 Å². The van der Waals surface area contributed by atoms with Gasteiger partial charge >= 0.3 is 0 Å². The molecule has 1 aromatic rings. The maximum atomic E-state index is 3.44. The minimum Gasteiger partial charge on any atom is -0.310 e. The van der Waals surface area contributed by atoms with Gasteiger partial charge in [0.05, 0.1) is 6.04 Å². The number of rotatable bonds is 1. The van der Waals surface area contributed by atoms with Crippen molar-refractivity contribution < 1.29 is 0 Å². The van der Waals surface area contributed by atoms with Crippen LogP contribution in [0.1, 0.15) is 24.0 Å². The Bertz CT molecular complexity index is 812. The van der Waals surface area contributed by atoms with Crippen molar-refractivity contribution in [2.45, 2.75) is 18.9 Å². The smallest absolute Gasteiger partial charge is 0.0513 e. The Kier molecular flexibility index (Phi) is 3.72. The summed E-state index contributed by atoms with van der Waals surface area (Å²) in [5.74, 6) is 0. The summed E-state index contributed by atoms with van der Waals surface area (Å²) < 4.78 is 0. The molecule has 3 aliphatic carbocycles. The van der Waals surface area contributed by atoms with Gasteiger partial charge in [0.25, 0.3) is 0 Å². The van der Waals surface area contributed by atoms with E-state index < -0.39 is 0 Å². The highest BCUT2D eigenvalue weighted by atomic mass is 14.9. The van der Waals surface area contributed by atoms with Gasteiger partial charge in [-0.25, -0.2) is 0 Å². The van der Waals surface area contributed by atoms with Crippen LogP contribution in [0.4, 0.5) is 0 Å². The molecule has 1 aromatic carbocycles. The van der Waals surface area contributed by atoms with Crippen LogP contribution in [0.15, 0.2) is 83.5 Å². The van der Waals surface area contributed by atoms with Crippen LogP contribution in [-0.2, 0) is 0 Å². The molecular weight excluding hydrogens is 278 g/mol. The Morgan fingerprint density at radius 2 is 1.91 bits per heavy atom. The predicted molar refractivity (Wildman–Crippen MR) is 98.9 cm³/mol. The monoisotopic (exact) mass is 299 g/mol. The number of allylic oxidation sites excluding steroid dienone is 8. The molecule has 1 nitrogen and oxygen atoms in total. The third-order valence-electron chi connectivity index (χ3n) is 4.80. The average molecular weight is 299 g/mol. The van der Waals surface area contributed by atoms with Gasteiger partial charge in [0, 0.05) is 0 Å². The van der Waals surface area contributed by atoms with E-state index in [0.29, 0.717) is 0 Å². The third-order valence-corrected chi connectivity index (χ3v) is 4.80. The summed E-state index contributed by atoms with van der Waals surface area (Å²) in [6.07, 6.45) is 20.2. The van der Waals surface area contributed by atoms with Gasteiger partial charge in [-0.1, -0.05) is 72.9 Å². The van der Waals surface area contributed by atoms with E-state index in [1.165, 1.54) is 33.4 Å². The van der Waals surface area contributed by atoms with E-state index in [2.05, 4.69) is 78.2 Å². The summed E-state index contributed by atoms with van der Waals surface area (Å²) >= 11 is 0. The molecular formula is C22H21N. The van der Waals surface area contributed by atoms with Gasteiger partial charge in [0.15, 0.2) is 0 Å². The zero-order valence-electron chi connectivity index (χ0n) is 13.4. The van der Waals surface area contributed by atoms with Crippen LogP contribution >= 0.6 is 0 Å². The van der Waals surface area contributed by atoms with Crippen molar-refractivity contribution in [3.05, 3.63) is 94.6 Å². The van der Waals surface area contributed by atoms with Crippen LogP contribution in [0.25, 0.3) is 11.6 Å². The quantitative estimate of drug-likeness (QED) is 0.783. The second-order valence-corrected chi connectivity index (χ2v) is 6.14. The first-order chi connectivity index (χ1) is 11.4. The molecule has 1 unspecified atom stereocenters. The summed E-state index contributed by atoms with van der Waals surface area (Å²) in [5, 5.41) is 3.44. The summed E-state index contributed by atoms with van der Waals surface area (Å²) in [6.45, 7) is 0. The van der Waals surface area contributed by atoms with Gasteiger partial charge < -0.3 is 5.32 Å². The molecule has 4 rings (SSSR count). The molecule has 114 valence electrons. The third kappa shape index (κ3) is 2.47. The first kappa shape index (κ1) is 14.2. The van der Waals surface area contributed by atoms with Gasteiger partial charge in [-0.15, -0.1) is 0 Å². The van der Waals surface area contributed by atoms with Crippen LogP contribution < -0.4 is 5.32 Å². The number of hydrogen-bond acceptors (Lipinski definition) is 1. The van der Waals surface area contributed by atoms with Crippen molar-refractivity contribution in [2.75, 3.05) is 7.05 Å². The number of fused-ring (bicyclic) bond motifs is 1. The van der Waals surface area contributed by atoms with E-state index in [4.69, 9.17) is 0 Å². The zero-order chi connectivity index (χ0) is 15.6. The molecule has 0 saturated heterocycles. The molecule has 23 heavy (non-hydrogen) atoms. The van der Waals surface area contributed by atoms with Gasteiger partial charge in [-0.2, -0.15) is 0 Å². The van der Waals surface area contributed by atoms with Gasteiger partial charge in [-0.3, -0.25) is 0 Å². The van der Waals surface area contributed by atoms with E-state index in [1.54, 1.807) is 0 Å². The maximum absolute atomic E-state index is 3.44. The highest BCUT2D eigenvalue weighted by Gasteiger charge is 2.23. The Morgan fingerprint density at radius 3 is 2.83 bits per heavy atom. The van der Waals surface area contributed by atoms with Crippen molar-refractivity contribution in [2.24, 2.45) is 0 Å². The molecule has 1 heteroatoms. The van der Waals surface area contributed by atoms with E-state index in [9.17, 15) is 0 Å². The lowest BCUT2D eigenvalue weighted by atomic mass is 9.83. The van der Waals surface area contributed by atoms with Crippen LogP contribution in [0.2, 0.25) is 0 Å². The van der Waals surface area contributed by atoms with Gasteiger partial charge in [0.1, 0.15) is 0 Å². The van der Waals surface area contributed by atoms with Crippen LogP contribution in [0.3, 0.4) is 0 Å². The minimum absolute atomic E-state index is 0.255. The van der Waals surface area contributed by atoms with Gasteiger partial charge in [0.2, 0.25) is 0 Å². The van der Waals surface area contributed by atoms with Crippen molar-refractivity contribution in [3.63, 3.8) is 0 Å². The molecule has 0 saturated carbocycles. The van der Waals surface area contributed by atoms with Crippen molar-refractivity contribution in [1.82, 2.24) is 5.32 Å². The van der Waals surface area contributed by atoms with E-state index >= 15 is 0 Å². The van der Waals surface area contributed by atoms with Gasteiger partial charge in [-0.05, 0) is 53.3 Å². The summed E-state index contributed by atoms with van der Waals surface area (Å²) in [7, 11) is 2.03. The molecule has 0 fully saturated rings. The van der Waals surface area contributed by atoms with Crippen molar-refractivity contribution >= 4 is 11.6 Å². The Morgan fingerprint density at radius 1 is 1.00 bits per heavy atom. The lowest BCUT2D eigenvalue weighted by Gasteiger charge is -2.24. The van der Waals surface area contributed by atoms with Crippen LogP contribution in [0.5, 0.6) is 0 Å². The Balaban J connectivity index is 2.03. The van der Waals surface area contributed by atoms with Crippen LogP contribution in [-0.4, -0.2) is 13.1 Å². The average Bonchev–Trinajstić information content (AvgIpc) is 2.78. The molecule has 1 N–H and O–H groups in total. The number of nitrogens with one attached hydrogen (secondary N) is 1. The van der Waals surface area contributed by atoms with Crippen molar-refractivity contribution in [3.8, 4) is 0 Å². The minimum atomic E-state index is 0.255. The highest BCUT2D eigenvalue weighted by molar-refractivity contribution is 5.93. The predicted octanol–water partition coefficient (Wildman–Crippen LogP) is 4.83. The lowest BCUT2D eigenvalue weighted by Crippen LogP contribution is -2.26. The SMILES string of the molecule is CNC1C=CC=CC1=C1C2=C(C=Cc3ccccc31)CCC=C2. The largest absolute Gasteiger partial charge is 0.310 e.